The lowest BCUT2D eigenvalue weighted by molar-refractivity contribution is 0.569. The molecule has 9 aromatic rings. The molecular weight excluding hydrogens is 695 g/mol. The van der Waals surface area contributed by atoms with Gasteiger partial charge in [-0.1, -0.05) is 121 Å². The number of benzene rings is 5. The van der Waals surface area contributed by atoms with Gasteiger partial charge in [0.2, 0.25) is 0 Å². The summed E-state index contributed by atoms with van der Waals surface area (Å²) >= 11 is 0. The van der Waals surface area contributed by atoms with Crippen molar-refractivity contribution < 1.29 is 4.42 Å². The van der Waals surface area contributed by atoms with Crippen LogP contribution < -0.4 is 0 Å². The molecule has 5 aromatic carbocycles. The summed E-state index contributed by atoms with van der Waals surface area (Å²) in [6.45, 7) is 0. The van der Waals surface area contributed by atoms with Crippen LogP contribution in [0.15, 0.2) is 203 Å². The van der Waals surface area contributed by atoms with Crippen molar-refractivity contribution in [1.82, 2.24) is 15.0 Å². The van der Waals surface area contributed by atoms with Crippen molar-refractivity contribution in [2.75, 3.05) is 0 Å². The Bertz CT molecular complexity index is 3530. The van der Waals surface area contributed by atoms with Crippen LogP contribution in [0.5, 0.6) is 0 Å². The highest BCUT2D eigenvalue weighted by atomic mass is 16.3. The summed E-state index contributed by atoms with van der Waals surface area (Å²) < 4.78 is 6.61. The minimum Gasteiger partial charge on any atom is -0.455 e. The van der Waals surface area contributed by atoms with Crippen LogP contribution in [0, 0.1) is 11.8 Å². The highest BCUT2D eigenvalue weighted by molar-refractivity contribution is 6.24. The lowest BCUT2D eigenvalue weighted by Gasteiger charge is -2.42. The number of hydrogen-bond acceptors (Lipinski definition) is 4. The summed E-state index contributed by atoms with van der Waals surface area (Å²) in [6, 6.07) is 40.8. The highest BCUT2D eigenvalue weighted by Gasteiger charge is 2.41. The quantitative estimate of drug-likeness (QED) is 0.170. The van der Waals surface area contributed by atoms with Crippen LogP contribution in [-0.4, -0.2) is 15.0 Å². The third kappa shape index (κ3) is 4.35. The average molecular weight is 726 g/mol. The molecule has 4 heteroatoms. The number of pyridine rings is 3. The maximum Gasteiger partial charge on any atom is 0.144 e. The van der Waals surface area contributed by atoms with Gasteiger partial charge in [0.25, 0.3) is 0 Å². The lowest BCUT2D eigenvalue weighted by atomic mass is 9.61. The van der Waals surface area contributed by atoms with E-state index in [0.29, 0.717) is 0 Å². The van der Waals surface area contributed by atoms with Gasteiger partial charge in [0.05, 0.1) is 22.2 Å². The number of allylic oxidation sites excluding steroid dienone is 14. The molecule has 4 aromatic heterocycles. The molecular formula is C53H31N3O. The maximum atomic E-state index is 6.61. The fraction of sp³-hybridized carbons (Fsp3) is 0.0377. The molecule has 0 fully saturated rings. The Morgan fingerprint density at radius 3 is 2.26 bits per heavy atom. The van der Waals surface area contributed by atoms with E-state index < -0.39 is 0 Å². The van der Waals surface area contributed by atoms with Crippen LogP contribution in [0.3, 0.4) is 0 Å². The Kier molecular flexibility index (Phi) is 6.25. The fourth-order valence-electron chi connectivity index (χ4n) is 10.1. The normalized spacial score (nSPS) is 18.4. The van der Waals surface area contributed by atoms with Crippen molar-refractivity contribution >= 4 is 76.6 Å². The molecule has 0 N–H and O–H groups in total. The number of furan rings is 1. The molecule has 57 heavy (non-hydrogen) atoms. The average Bonchev–Trinajstić information content (AvgIpc) is 3.66. The number of fused-ring (bicyclic) bond motifs is 10. The monoisotopic (exact) mass is 725 g/mol. The second-order valence-corrected chi connectivity index (χ2v) is 15.4. The summed E-state index contributed by atoms with van der Waals surface area (Å²) in [7, 11) is 0. The van der Waals surface area contributed by atoms with Gasteiger partial charge in [-0.3, -0.25) is 9.97 Å². The zero-order chi connectivity index (χ0) is 37.2. The minimum absolute atomic E-state index is 0.209. The number of hydrogen-bond donors (Lipinski definition) is 0. The Balaban J connectivity index is 0.956. The van der Waals surface area contributed by atoms with E-state index in [1.807, 2.05) is 30.6 Å². The van der Waals surface area contributed by atoms with Crippen molar-refractivity contribution in [2.45, 2.75) is 0 Å². The van der Waals surface area contributed by atoms with Crippen molar-refractivity contribution in [1.29, 1.82) is 0 Å². The van der Waals surface area contributed by atoms with Gasteiger partial charge in [-0.05, 0) is 87.0 Å². The van der Waals surface area contributed by atoms with Crippen LogP contribution in [0.4, 0.5) is 0 Å². The summed E-state index contributed by atoms with van der Waals surface area (Å²) in [4.78, 5) is 14.9. The number of para-hydroxylation sites is 2. The minimum atomic E-state index is 0.209. The van der Waals surface area contributed by atoms with E-state index >= 15 is 0 Å². The zero-order valence-electron chi connectivity index (χ0n) is 30.6. The Labute approximate surface area is 327 Å². The van der Waals surface area contributed by atoms with Gasteiger partial charge in [0.15, 0.2) is 0 Å². The van der Waals surface area contributed by atoms with Crippen molar-refractivity contribution in [3.8, 4) is 11.3 Å². The molecule has 0 radical (unpaired) electrons. The second kappa shape index (κ2) is 11.5. The molecule has 0 amide bonds. The largest absolute Gasteiger partial charge is 0.455 e. The van der Waals surface area contributed by atoms with Gasteiger partial charge in [0.1, 0.15) is 11.2 Å². The van der Waals surface area contributed by atoms with E-state index in [1.165, 1.54) is 44.6 Å². The van der Waals surface area contributed by atoms with E-state index in [4.69, 9.17) is 19.4 Å². The first-order valence-corrected chi connectivity index (χ1v) is 19.6. The van der Waals surface area contributed by atoms with E-state index in [9.17, 15) is 0 Å². The molecule has 2 atom stereocenters. The predicted molar refractivity (Wildman–Crippen MR) is 233 cm³/mol. The molecule has 4 aliphatic rings. The van der Waals surface area contributed by atoms with Crippen LogP contribution >= 0.6 is 0 Å². The predicted octanol–water partition coefficient (Wildman–Crippen LogP) is 13.1. The van der Waals surface area contributed by atoms with Gasteiger partial charge in [-0.25, -0.2) is 4.98 Å². The summed E-state index contributed by atoms with van der Waals surface area (Å²) in [6.07, 6.45) is 22.4. The highest BCUT2D eigenvalue weighted by Crippen LogP contribution is 2.54. The molecule has 4 heterocycles. The smallest absolute Gasteiger partial charge is 0.144 e. The van der Waals surface area contributed by atoms with Crippen LogP contribution in [0.2, 0.25) is 0 Å². The molecule has 4 nitrogen and oxygen atoms in total. The van der Waals surface area contributed by atoms with Gasteiger partial charge in [-0.15, -0.1) is 0 Å². The van der Waals surface area contributed by atoms with Crippen molar-refractivity contribution in [3.05, 3.63) is 210 Å². The van der Waals surface area contributed by atoms with Crippen molar-refractivity contribution in [2.24, 2.45) is 11.8 Å². The third-order valence-corrected chi connectivity index (χ3v) is 12.5. The third-order valence-electron chi connectivity index (χ3n) is 12.5. The second-order valence-electron chi connectivity index (χ2n) is 15.4. The molecule has 0 aliphatic heterocycles. The Hall–Kier alpha value is -7.43. The van der Waals surface area contributed by atoms with Crippen LogP contribution in [0.25, 0.3) is 87.8 Å². The van der Waals surface area contributed by atoms with Crippen LogP contribution in [0.1, 0.15) is 11.1 Å². The van der Waals surface area contributed by atoms with Gasteiger partial charge >= 0.3 is 0 Å². The maximum absolute atomic E-state index is 6.61. The van der Waals surface area contributed by atoms with Gasteiger partial charge in [-0.2, -0.15) is 0 Å². The Morgan fingerprint density at radius 2 is 1.30 bits per heavy atom. The summed E-state index contributed by atoms with van der Waals surface area (Å²) in [5.74, 6) is 0.419. The summed E-state index contributed by atoms with van der Waals surface area (Å²) in [5.41, 5.74) is 17.0. The zero-order valence-corrected chi connectivity index (χ0v) is 30.6. The summed E-state index contributed by atoms with van der Waals surface area (Å²) in [5, 5.41) is 7.77. The first-order chi connectivity index (χ1) is 28.3. The number of rotatable bonds is 3. The van der Waals surface area contributed by atoms with E-state index in [-0.39, 0.29) is 11.8 Å². The molecule has 264 valence electrons. The molecule has 0 spiro atoms. The first kappa shape index (κ1) is 30.8. The fourth-order valence-corrected chi connectivity index (χ4v) is 10.1. The van der Waals surface area contributed by atoms with Crippen LogP contribution in [-0.2, 0) is 0 Å². The lowest BCUT2D eigenvalue weighted by Crippen LogP contribution is -2.30. The molecule has 4 aliphatic carbocycles. The first-order valence-electron chi connectivity index (χ1n) is 19.6. The standard InChI is InChI=1S/C53H31N3O/c1-3-14-45-42(12-1)49-43(25-24-41-37-11-2-4-15-46(37)57-53(41)49)50(56-45)33-9-5-8-32(28-33)35-20-16-30-19-23-39-36(21-17-31-18-22-38(35)47(30)48(31)39)44-29-34-10-6-26-54-51(34)52-40(44)13-7-27-55-52/h1-29,47-48H. The van der Waals surface area contributed by atoms with E-state index in [0.717, 1.165) is 76.7 Å². The molecule has 2 unspecified atom stereocenters. The van der Waals surface area contributed by atoms with E-state index in [2.05, 4.69) is 146 Å². The Morgan fingerprint density at radius 1 is 0.526 bits per heavy atom. The SMILES string of the molecule is C1=CC2=C(c3cccc(-c4nc5ccccc5c5c4ccc4c6ccccc6oc45)c3)C=CC3=CC=C4C(c5cc6cccnc6c6ncccc56)=CC=C1C4C32. The number of aromatic nitrogens is 3. The van der Waals surface area contributed by atoms with Crippen molar-refractivity contribution in [3.63, 3.8) is 0 Å². The molecule has 0 bridgehead atoms. The van der Waals surface area contributed by atoms with E-state index in [1.54, 1.807) is 0 Å². The molecule has 0 saturated heterocycles. The number of nitrogens with zero attached hydrogens (tertiary/aromatic N) is 3. The molecule has 0 saturated carbocycles. The molecule has 13 rings (SSSR count). The topological polar surface area (TPSA) is 51.8 Å². The van der Waals surface area contributed by atoms with Gasteiger partial charge < -0.3 is 4.42 Å². The van der Waals surface area contributed by atoms with Gasteiger partial charge in [0, 0.05) is 67.5 Å².